The van der Waals surface area contributed by atoms with Crippen molar-refractivity contribution in [1.29, 1.82) is 0 Å². The smallest absolute Gasteiger partial charge is 0.305 e. The van der Waals surface area contributed by atoms with Crippen molar-refractivity contribution < 1.29 is 49.3 Å². The molecule has 1 fully saturated rings. The lowest BCUT2D eigenvalue weighted by molar-refractivity contribution is -0.302. The van der Waals surface area contributed by atoms with Gasteiger partial charge in [0, 0.05) is 12.8 Å². The molecule has 1 heterocycles. The van der Waals surface area contributed by atoms with Crippen LogP contribution in [0, 0.1) is 0 Å². The van der Waals surface area contributed by atoms with Crippen LogP contribution in [0.5, 0.6) is 0 Å². The van der Waals surface area contributed by atoms with E-state index in [2.05, 4.69) is 43.5 Å². The number of unbranched alkanes of at least 4 members (excludes halogenated alkanes) is 34. The molecule has 0 aliphatic carbocycles. The number of rotatable bonds is 52. The van der Waals surface area contributed by atoms with Gasteiger partial charge in [-0.3, -0.25) is 9.59 Å². The summed E-state index contributed by atoms with van der Waals surface area (Å²) in [6.45, 7) is 4.31. The van der Waals surface area contributed by atoms with Crippen molar-refractivity contribution >= 4 is 11.9 Å². The first kappa shape index (κ1) is 67.9. The van der Waals surface area contributed by atoms with Crippen LogP contribution in [-0.2, 0) is 23.8 Å². The molecule has 1 aliphatic heterocycles. The van der Waals surface area contributed by atoms with Gasteiger partial charge in [-0.15, -0.1) is 0 Å². The first-order chi connectivity index (χ1) is 35.2. The van der Waals surface area contributed by atoms with E-state index >= 15 is 0 Å². The van der Waals surface area contributed by atoms with E-state index in [1.807, 2.05) is 6.08 Å². The zero-order valence-corrected chi connectivity index (χ0v) is 46.4. The van der Waals surface area contributed by atoms with Gasteiger partial charge in [0.05, 0.1) is 32.0 Å². The maximum atomic E-state index is 13.0. The van der Waals surface area contributed by atoms with Crippen LogP contribution >= 0.6 is 0 Å². The number of amides is 1. The molecule has 0 aromatic rings. The van der Waals surface area contributed by atoms with Crippen LogP contribution in [0.25, 0.3) is 0 Å². The van der Waals surface area contributed by atoms with E-state index in [-0.39, 0.29) is 18.5 Å². The first-order valence-electron chi connectivity index (χ1n) is 30.3. The van der Waals surface area contributed by atoms with Crippen LogP contribution < -0.4 is 5.32 Å². The molecular formula is C61H113NO10. The Kier molecular flexibility index (Phi) is 48.1. The van der Waals surface area contributed by atoms with Crippen LogP contribution in [0.15, 0.2) is 36.5 Å². The number of aliphatic hydroxyl groups excluding tert-OH is 5. The highest BCUT2D eigenvalue weighted by atomic mass is 16.7. The third-order valence-electron chi connectivity index (χ3n) is 14.2. The largest absolute Gasteiger partial charge is 0.466 e. The Labute approximate surface area is 441 Å². The van der Waals surface area contributed by atoms with E-state index in [4.69, 9.17) is 14.2 Å². The summed E-state index contributed by atoms with van der Waals surface area (Å²) in [5, 5.41) is 54.3. The Bertz CT molecular complexity index is 1290. The van der Waals surface area contributed by atoms with E-state index in [0.29, 0.717) is 19.4 Å². The Morgan fingerprint density at radius 1 is 0.500 bits per heavy atom. The fourth-order valence-corrected chi connectivity index (χ4v) is 9.39. The lowest BCUT2D eigenvalue weighted by Crippen LogP contribution is -2.60. The summed E-state index contributed by atoms with van der Waals surface area (Å²) in [6, 6.07) is -0.834. The zero-order chi connectivity index (χ0) is 52.4. The maximum absolute atomic E-state index is 13.0. The van der Waals surface area contributed by atoms with Gasteiger partial charge in [-0.05, 0) is 70.6 Å². The van der Waals surface area contributed by atoms with Crippen molar-refractivity contribution in [3.8, 4) is 0 Å². The number of carbonyl (C=O) groups excluding carboxylic acids is 2. The standard InChI is InChI=1S/C61H113NO10/c1-3-5-7-9-11-13-15-24-28-31-35-39-43-47-54(64)53(52-71-61-60(69)59(68)58(67)55(51-63)72-61)62-56(65)48-44-40-36-32-29-25-22-20-18-16-17-19-21-23-26-30-34-38-42-46-50-70-57(66)49-45-41-37-33-27-14-12-10-8-6-4-2/h16,18,28,31,43,47,53-55,58-61,63-64,67-69H,3-15,17,19-27,29-30,32-42,44-46,48-52H2,1-2H3,(H,62,65)/b18-16-,31-28+,47-43+. The van der Waals surface area contributed by atoms with E-state index < -0.39 is 49.5 Å². The first-order valence-corrected chi connectivity index (χ1v) is 30.3. The van der Waals surface area contributed by atoms with E-state index in [0.717, 1.165) is 77.0 Å². The van der Waals surface area contributed by atoms with Gasteiger partial charge < -0.3 is 45.1 Å². The Morgan fingerprint density at radius 2 is 0.903 bits per heavy atom. The molecule has 0 spiro atoms. The normalized spacial score (nSPS) is 19.2. The third kappa shape index (κ3) is 40.2. The molecule has 1 amide bonds. The highest BCUT2D eigenvalue weighted by Crippen LogP contribution is 2.23. The van der Waals surface area contributed by atoms with Crippen molar-refractivity contribution in [2.45, 2.75) is 320 Å². The quantitative estimate of drug-likeness (QED) is 0.0195. The summed E-state index contributed by atoms with van der Waals surface area (Å²) < 4.78 is 16.7. The van der Waals surface area contributed by atoms with Crippen molar-refractivity contribution in [1.82, 2.24) is 5.32 Å². The molecule has 7 atom stereocenters. The molecule has 11 heteroatoms. The number of allylic oxidation sites excluding steroid dienone is 5. The average Bonchev–Trinajstić information content (AvgIpc) is 3.38. The molecule has 0 aromatic carbocycles. The van der Waals surface area contributed by atoms with Crippen molar-refractivity contribution in [3.05, 3.63) is 36.5 Å². The average molecular weight is 1020 g/mol. The highest BCUT2D eigenvalue weighted by molar-refractivity contribution is 5.76. The summed E-state index contributed by atoms with van der Waals surface area (Å²) in [5.74, 6) is -0.209. The Morgan fingerprint density at radius 3 is 1.38 bits per heavy atom. The zero-order valence-electron chi connectivity index (χ0n) is 46.4. The molecule has 0 radical (unpaired) electrons. The van der Waals surface area contributed by atoms with E-state index in [1.54, 1.807) is 6.08 Å². The molecule has 72 heavy (non-hydrogen) atoms. The van der Waals surface area contributed by atoms with Gasteiger partial charge in [0.2, 0.25) is 5.91 Å². The van der Waals surface area contributed by atoms with Crippen LogP contribution in [0.4, 0.5) is 0 Å². The lowest BCUT2D eigenvalue weighted by atomic mass is 9.99. The molecule has 0 saturated carbocycles. The fraction of sp³-hybridized carbons (Fsp3) is 0.869. The molecule has 6 N–H and O–H groups in total. The van der Waals surface area contributed by atoms with Crippen LogP contribution in [0.1, 0.15) is 277 Å². The van der Waals surface area contributed by atoms with E-state index in [1.165, 1.54) is 173 Å². The Balaban J connectivity index is 2.11. The summed E-state index contributed by atoms with van der Waals surface area (Å²) in [7, 11) is 0. The topological polar surface area (TPSA) is 175 Å². The SMILES string of the molecule is CCCCCCCCC/C=C/CC/C=C/C(O)C(COC1OC(CO)C(O)C(O)C1O)NC(=O)CCCCCCCCC/C=C\CCCCCCCCCCCOC(=O)CCCCCCCCCCCCC. The van der Waals surface area contributed by atoms with Crippen LogP contribution in [0.3, 0.4) is 0 Å². The number of nitrogens with one attached hydrogen (secondary N) is 1. The minimum atomic E-state index is -1.58. The molecule has 0 aromatic heterocycles. The maximum Gasteiger partial charge on any atom is 0.305 e. The molecule has 1 rings (SSSR count). The molecule has 11 nitrogen and oxygen atoms in total. The van der Waals surface area contributed by atoms with Gasteiger partial charge in [0.1, 0.15) is 24.4 Å². The summed E-state index contributed by atoms with van der Waals surface area (Å²) in [4.78, 5) is 25.0. The van der Waals surface area contributed by atoms with Crippen molar-refractivity contribution in [3.63, 3.8) is 0 Å². The molecule has 422 valence electrons. The van der Waals surface area contributed by atoms with Gasteiger partial charge in [0.15, 0.2) is 6.29 Å². The van der Waals surface area contributed by atoms with Crippen molar-refractivity contribution in [2.24, 2.45) is 0 Å². The lowest BCUT2D eigenvalue weighted by Gasteiger charge is -2.40. The third-order valence-corrected chi connectivity index (χ3v) is 14.2. The summed E-state index contributed by atoms with van der Waals surface area (Å²) in [6.07, 6.45) is 52.3. The van der Waals surface area contributed by atoms with Gasteiger partial charge in [-0.1, -0.05) is 230 Å². The molecule has 7 unspecified atom stereocenters. The van der Waals surface area contributed by atoms with Gasteiger partial charge in [0.25, 0.3) is 0 Å². The van der Waals surface area contributed by atoms with Gasteiger partial charge in [-0.2, -0.15) is 0 Å². The molecule has 1 aliphatic rings. The number of esters is 1. The highest BCUT2D eigenvalue weighted by Gasteiger charge is 2.44. The van der Waals surface area contributed by atoms with Crippen LogP contribution in [-0.4, -0.2) is 100 Å². The van der Waals surface area contributed by atoms with Crippen molar-refractivity contribution in [2.75, 3.05) is 19.8 Å². The molecular weight excluding hydrogens is 907 g/mol. The molecule has 0 bridgehead atoms. The Hall–Kier alpha value is -2.12. The van der Waals surface area contributed by atoms with Gasteiger partial charge >= 0.3 is 5.97 Å². The minimum absolute atomic E-state index is 0.00875. The number of carbonyl (C=O) groups is 2. The van der Waals surface area contributed by atoms with Crippen LogP contribution in [0.2, 0.25) is 0 Å². The van der Waals surface area contributed by atoms with E-state index in [9.17, 15) is 35.1 Å². The number of aliphatic hydroxyl groups is 5. The minimum Gasteiger partial charge on any atom is -0.466 e. The molecule has 1 saturated heterocycles. The second-order valence-corrected chi connectivity index (χ2v) is 21.0. The number of hydrogen-bond acceptors (Lipinski definition) is 10. The fourth-order valence-electron chi connectivity index (χ4n) is 9.39. The predicted octanol–water partition coefficient (Wildman–Crippen LogP) is 13.9. The summed E-state index contributed by atoms with van der Waals surface area (Å²) >= 11 is 0. The number of hydrogen-bond donors (Lipinski definition) is 6. The number of ether oxygens (including phenoxy) is 3. The van der Waals surface area contributed by atoms with Gasteiger partial charge in [-0.25, -0.2) is 0 Å². The second kappa shape index (κ2) is 51.0. The monoisotopic (exact) mass is 1020 g/mol. The predicted molar refractivity (Wildman–Crippen MR) is 297 cm³/mol. The summed E-state index contributed by atoms with van der Waals surface area (Å²) in [5.41, 5.74) is 0. The second-order valence-electron chi connectivity index (χ2n) is 21.0.